The van der Waals surface area contributed by atoms with Crippen molar-refractivity contribution in [3.63, 3.8) is 0 Å². The fraction of sp³-hybridized carbons (Fsp3) is 0.333. The maximum Gasteiger partial charge on any atom is 0.191 e. The van der Waals surface area contributed by atoms with Crippen molar-refractivity contribution < 1.29 is 9.84 Å². The van der Waals surface area contributed by atoms with Gasteiger partial charge in [0.2, 0.25) is 0 Å². The summed E-state index contributed by atoms with van der Waals surface area (Å²) < 4.78 is 7.70. The van der Waals surface area contributed by atoms with Gasteiger partial charge in [0.05, 0.1) is 19.3 Å². The van der Waals surface area contributed by atoms with Gasteiger partial charge in [0.25, 0.3) is 0 Å². The van der Waals surface area contributed by atoms with Gasteiger partial charge in [-0.15, -0.1) is 0 Å². The van der Waals surface area contributed by atoms with Crippen LogP contribution in [0.25, 0.3) is 11.1 Å². The predicted octanol–water partition coefficient (Wildman–Crippen LogP) is 2.93. The van der Waals surface area contributed by atoms with Crippen molar-refractivity contribution in [3.8, 4) is 16.9 Å². The molecule has 1 unspecified atom stereocenters. The summed E-state index contributed by atoms with van der Waals surface area (Å²) in [5.41, 5.74) is 1.83. The molecule has 3 N–H and O–H groups in total. The number of benzene rings is 2. The van der Waals surface area contributed by atoms with E-state index >= 15 is 0 Å². The quantitative estimate of drug-likeness (QED) is 0.281. The highest BCUT2D eigenvalue weighted by molar-refractivity contribution is 5.79. The zero-order valence-electron chi connectivity index (χ0n) is 18.4. The highest BCUT2D eigenvalue weighted by Crippen LogP contribution is 2.29. The van der Waals surface area contributed by atoms with E-state index in [4.69, 9.17) is 4.74 Å². The number of nitrogens with one attached hydrogen (secondary N) is 2. The first kappa shape index (κ1) is 22.4. The molecule has 3 rings (SSSR count). The minimum Gasteiger partial charge on any atom is -0.491 e. The second kappa shape index (κ2) is 10.6. The van der Waals surface area contributed by atoms with Crippen LogP contribution >= 0.6 is 0 Å². The summed E-state index contributed by atoms with van der Waals surface area (Å²) in [4.78, 5) is 4.53. The Hall–Kier alpha value is -3.32. The van der Waals surface area contributed by atoms with Gasteiger partial charge in [-0.3, -0.25) is 4.68 Å². The van der Waals surface area contributed by atoms with Gasteiger partial charge in [-0.05, 0) is 25.5 Å². The molecule has 0 saturated heterocycles. The molecule has 164 valence electrons. The van der Waals surface area contributed by atoms with Crippen LogP contribution in [0.5, 0.6) is 5.75 Å². The molecule has 7 nitrogen and oxygen atoms in total. The third-order valence-corrected chi connectivity index (χ3v) is 4.84. The van der Waals surface area contributed by atoms with Gasteiger partial charge in [0, 0.05) is 30.9 Å². The largest absolute Gasteiger partial charge is 0.491 e. The number of hydrogen-bond donors (Lipinski definition) is 3. The average Bonchev–Trinajstić information content (AvgIpc) is 3.23. The lowest BCUT2D eigenvalue weighted by molar-refractivity contribution is 0.0672. The second-order valence-corrected chi connectivity index (χ2v) is 7.51. The zero-order valence-corrected chi connectivity index (χ0v) is 18.4. The summed E-state index contributed by atoms with van der Waals surface area (Å²) in [6, 6.07) is 18.2. The fourth-order valence-electron chi connectivity index (χ4n) is 3.14. The van der Waals surface area contributed by atoms with E-state index < -0.39 is 5.60 Å². The molecular formula is C24H31N5O2. The normalized spacial score (nSPS) is 13.5. The molecule has 0 aliphatic rings. The van der Waals surface area contributed by atoms with Crippen molar-refractivity contribution >= 4 is 5.96 Å². The molecule has 0 radical (unpaired) electrons. The van der Waals surface area contributed by atoms with Gasteiger partial charge in [-0.1, -0.05) is 48.5 Å². The van der Waals surface area contributed by atoms with Crippen molar-refractivity contribution in [2.45, 2.75) is 19.4 Å². The number of rotatable bonds is 9. The predicted molar refractivity (Wildman–Crippen MR) is 124 cm³/mol. The Balaban J connectivity index is 1.56. The molecule has 0 aliphatic heterocycles. The standard InChI is InChI=1S/C24H31N5O2/c1-4-25-23(27-18-24(2,30)20-16-28-29(3)17-20)26-14-15-31-22-13-9-8-12-21(22)19-10-6-5-7-11-19/h5-13,16-17,30H,4,14-15,18H2,1-3H3,(H2,25,26,27). The number of aryl methyl sites for hydroxylation is 1. The average molecular weight is 422 g/mol. The summed E-state index contributed by atoms with van der Waals surface area (Å²) in [6.07, 6.45) is 3.46. The van der Waals surface area contributed by atoms with Gasteiger partial charge in [0.15, 0.2) is 5.96 Å². The molecular weight excluding hydrogens is 390 g/mol. The molecule has 0 aliphatic carbocycles. The number of aliphatic imine (C=N–C) groups is 1. The van der Waals surface area contributed by atoms with Crippen molar-refractivity contribution in [2.75, 3.05) is 26.2 Å². The number of guanidine groups is 1. The molecule has 0 fully saturated rings. The van der Waals surface area contributed by atoms with Gasteiger partial charge in [-0.25, -0.2) is 4.99 Å². The van der Waals surface area contributed by atoms with Crippen LogP contribution in [0.3, 0.4) is 0 Å². The molecule has 3 aromatic rings. The van der Waals surface area contributed by atoms with E-state index in [0.29, 0.717) is 19.1 Å². The fourth-order valence-corrected chi connectivity index (χ4v) is 3.14. The first-order valence-corrected chi connectivity index (χ1v) is 10.5. The Bertz CT molecular complexity index is 982. The monoisotopic (exact) mass is 421 g/mol. The minimum atomic E-state index is -1.10. The lowest BCUT2D eigenvalue weighted by Gasteiger charge is -2.20. The molecule has 7 heteroatoms. The topological polar surface area (TPSA) is 83.7 Å². The van der Waals surface area contributed by atoms with Crippen LogP contribution in [0.2, 0.25) is 0 Å². The molecule has 0 bridgehead atoms. The molecule has 1 heterocycles. The van der Waals surface area contributed by atoms with Crippen LogP contribution in [0, 0.1) is 0 Å². The van der Waals surface area contributed by atoms with Crippen LogP contribution in [-0.4, -0.2) is 47.1 Å². The van der Waals surface area contributed by atoms with E-state index in [1.807, 2.05) is 50.4 Å². The van der Waals surface area contributed by atoms with Crippen molar-refractivity contribution in [2.24, 2.45) is 12.0 Å². The van der Waals surface area contributed by atoms with Gasteiger partial charge in [0.1, 0.15) is 18.0 Å². The molecule has 0 amide bonds. The van der Waals surface area contributed by atoms with Crippen LogP contribution in [0.15, 0.2) is 72.0 Å². The van der Waals surface area contributed by atoms with E-state index in [2.05, 4.69) is 38.9 Å². The summed E-state index contributed by atoms with van der Waals surface area (Å²) in [5.74, 6) is 1.48. The van der Waals surface area contributed by atoms with Crippen molar-refractivity contribution in [1.29, 1.82) is 0 Å². The van der Waals surface area contributed by atoms with Crippen LogP contribution in [0.1, 0.15) is 19.4 Å². The first-order valence-electron chi connectivity index (χ1n) is 10.5. The molecule has 1 aromatic heterocycles. The minimum absolute atomic E-state index is 0.214. The zero-order chi connectivity index (χ0) is 22.1. The first-order chi connectivity index (χ1) is 15.0. The van der Waals surface area contributed by atoms with Crippen LogP contribution < -0.4 is 15.4 Å². The Morgan fingerprint density at radius 2 is 1.87 bits per heavy atom. The van der Waals surface area contributed by atoms with Crippen LogP contribution in [0.4, 0.5) is 0 Å². The SMILES string of the molecule is CCNC(=NCC(C)(O)c1cnn(C)c1)NCCOc1ccccc1-c1ccccc1. The molecule has 0 saturated carbocycles. The summed E-state index contributed by atoms with van der Waals surface area (Å²) in [6.45, 7) is 5.73. The maximum atomic E-state index is 10.7. The summed E-state index contributed by atoms with van der Waals surface area (Å²) >= 11 is 0. The Labute approximate surface area is 183 Å². The summed E-state index contributed by atoms with van der Waals surface area (Å²) in [5, 5.41) is 21.3. The van der Waals surface area contributed by atoms with E-state index in [9.17, 15) is 5.11 Å². The van der Waals surface area contributed by atoms with E-state index in [-0.39, 0.29) is 6.54 Å². The maximum absolute atomic E-state index is 10.7. The molecule has 0 spiro atoms. The number of hydrogen-bond acceptors (Lipinski definition) is 4. The third-order valence-electron chi connectivity index (χ3n) is 4.84. The summed E-state index contributed by atoms with van der Waals surface area (Å²) in [7, 11) is 1.82. The van der Waals surface area contributed by atoms with Crippen LogP contribution in [-0.2, 0) is 12.6 Å². The number of aliphatic hydroxyl groups is 1. The number of nitrogens with zero attached hydrogens (tertiary/aromatic N) is 3. The highest BCUT2D eigenvalue weighted by atomic mass is 16.5. The number of aromatic nitrogens is 2. The highest BCUT2D eigenvalue weighted by Gasteiger charge is 2.24. The molecule has 2 aromatic carbocycles. The second-order valence-electron chi connectivity index (χ2n) is 7.51. The lowest BCUT2D eigenvalue weighted by atomic mass is 10.0. The smallest absolute Gasteiger partial charge is 0.191 e. The van der Waals surface area contributed by atoms with Gasteiger partial charge in [-0.2, -0.15) is 5.10 Å². The van der Waals surface area contributed by atoms with E-state index in [0.717, 1.165) is 29.0 Å². The number of para-hydroxylation sites is 1. The van der Waals surface area contributed by atoms with Gasteiger partial charge < -0.3 is 20.5 Å². The van der Waals surface area contributed by atoms with Crippen molar-refractivity contribution in [1.82, 2.24) is 20.4 Å². The third kappa shape index (κ3) is 6.33. The van der Waals surface area contributed by atoms with E-state index in [1.165, 1.54) is 0 Å². The molecule has 31 heavy (non-hydrogen) atoms. The lowest BCUT2D eigenvalue weighted by Crippen LogP contribution is -2.40. The van der Waals surface area contributed by atoms with Gasteiger partial charge >= 0.3 is 0 Å². The Morgan fingerprint density at radius 1 is 1.13 bits per heavy atom. The Morgan fingerprint density at radius 3 is 2.58 bits per heavy atom. The Kier molecular flexibility index (Phi) is 7.67. The molecule has 1 atom stereocenters. The van der Waals surface area contributed by atoms with Crippen molar-refractivity contribution in [3.05, 3.63) is 72.6 Å². The number of ether oxygens (including phenoxy) is 1. The van der Waals surface area contributed by atoms with E-state index in [1.54, 1.807) is 24.0 Å².